The van der Waals surface area contributed by atoms with E-state index in [0.29, 0.717) is 24.0 Å². The molecule has 2 heterocycles. The van der Waals surface area contributed by atoms with E-state index in [4.69, 9.17) is 10.5 Å². The summed E-state index contributed by atoms with van der Waals surface area (Å²) in [6.45, 7) is 6.44. The van der Waals surface area contributed by atoms with Gasteiger partial charge in [0.05, 0.1) is 12.1 Å². The first-order chi connectivity index (χ1) is 9.04. The predicted octanol–water partition coefficient (Wildman–Crippen LogP) is 2.26. The molecule has 2 aromatic heterocycles. The van der Waals surface area contributed by atoms with Gasteiger partial charge >= 0.3 is 0 Å². The van der Waals surface area contributed by atoms with E-state index in [9.17, 15) is 0 Å². The monoisotopic (exact) mass is 279 g/mol. The van der Waals surface area contributed by atoms with E-state index in [1.54, 1.807) is 17.5 Å². The number of ether oxygens (including phenoxy) is 1. The molecule has 0 spiro atoms. The standard InChI is InChI=1S/C12H17N5OS/c1-4-18-10-8(13)9(15-7-16-10)17-12(2,3)11-14-5-6-19-11/h5-7H,4,13H2,1-3H3,(H,15,16,17). The maximum absolute atomic E-state index is 6.00. The summed E-state index contributed by atoms with van der Waals surface area (Å²) >= 11 is 1.58. The van der Waals surface area contributed by atoms with Gasteiger partial charge in [-0.1, -0.05) is 0 Å². The fourth-order valence-corrected chi connectivity index (χ4v) is 2.33. The molecule has 0 aliphatic heterocycles. The highest BCUT2D eigenvalue weighted by atomic mass is 32.1. The number of anilines is 2. The molecule has 102 valence electrons. The van der Waals surface area contributed by atoms with Gasteiger partial charge in [-0.25, -0.2) is 9.97 Å². The summed E-state index contributed by atoms with van der Waals surface area (Å²) in [5.74, 6) is 0.952. The number of rotatable bonds is 5. The molecule has 0 saturated heterocycles. The zero-order chi connectivity index (χ0) is 13.9. The first-order valence-electron chi connectivity index (χ1n) is 5.96. The van der Waals surface area contributed by atoms with Crippen LogP contribution in [0.15, 0.2) is 17.9 Å². The van der Waals surface area contributed by atoms with Crippen LogP contribution in [0.5, 0.6) is 5.88 Å². The van der Waals surface area contributed by atoms with E-state index in [1.165, 1.54) is 6.33 Å². The second-order valence-corrected chi connectivity index (χ2v) is 5.36. The van der Waals surface area contributed by atoms with E-state index >= 15 is 0 Å². The van der Waals surface area contributed by atoms with Gasteiger partial charge in [-0.15, -0.1) is 11.3 Å². The molecule has 2 rings (SSSR count). The van der Waals surface area contributed by atoms with Gasteiger partial charge in [-0.2, -0.15) is 4.98 Å². The Balaban J connectivity index is 2.26. The largest absolute Gasteiger partial charge is 0.476 e. The molecule has 19 heavy (non-hydrogen) atoms. The van der Waals surface area contributed by atoms with Crippen molar-refractivity contribution >= 4 is 22.8 Å². The van der Waals surface area contributed by atoms with Gasteiger partial charge in [-0.3, -0.25) is 0 Å². The lowest BCUT2D eigenvalue weighted by Gasteiger charge is -2.25. The number of hydrogen-bond acceptors (Lipinski definition) is 7. The fourth-order valence-electron chi connectivity index (χ4n) is 1.61. The molecule has 7 heteroatoms. The van der Waals surface area contributed by atoms with Crippen molar-refractivity contribution in [2.24, 2.45) is 0 Å². The molecule has 0 aliphatic rings. The molecule has 6 nitrogen and oxygen atoms in total. The Morgan fingerprint density at radius 1 is 1.37 bits per heavy atom. The summed E-state index contributed by atoms with van der Waals surface area (Å²) in [4.78, 5) is 12.5. The Hall–Kier alpha value is -1.89. The zero-order valence-corrected chi connectivity index (χ0v) is 12.0. The molecule has 0 bridgehead atoms. The summed E-state index contributed by atoms with van der Waals surface area (Å²) in [7, 11) is 0. The number of nitrogen functional groups attached to an aromatic ring is 1. The van der Waals surface area contributed by atoms with Crippen LogP contribution in [-0.4, -0.2) is 21.6 Å². The van der Waals surface area contributed by atoms with E-state index < -0.39 is 0 Å². The van der Waals surface area contributed by atoms with Crippen molar-refractivity contribution in [1.82, 2.24) is 15.0 Å². The van der Waals surface area contributed by atoms with E-state index in [1.807, 2.05) is 26.2 Å². The fraction of sp³-hybridized carbons (Fsp3) is 0.417. The first-order valence-corrected chi connectivity index (χ1v) is 6.84. The lowest BCUT2D eigenvalue weighted by Crippen LogP contribution is -2.29. The zero-order valence-electron chi connectivity index (χ0n) is 11.2. The van der Waals surface area contributed by atoms with Crippen LogP contribution in [0.25, 0.3) is 0 Å². The second kappa shape index (κ2) is 5.40. The summed E-state index contributed by atoms with van der Waals surface area (Å²) in [5.41, 5.74) is 6.05. The highest BCUT2D eigenvalue weighted by molar-refractivity contribution is 7.09. The normalized spacial score (nSPS) is 11.3. The van der Waals surface area contributed by atoms with Crippen molar-refractivity contribution in [1.29, 1.82) is 0 Å². The quantitative estimate of drug-likeness (QED) is 0.873. The van der Waals surface area contributed by atoms with Crippen LogP contribution < -0.4 is 15.8 Å². The van der Waals surface area contributed by atoms with Crippen LogP contribution >= 0.6 is 11.3 Å². The average Bonchev–Trinajstić information content (AvgIpc) is 2.89. The van der Waals surface area contributed by atoms with Gasteiger partial charge in [0.15, 0.2) is 5.82 Å². The molecule has 0 aromatic carbocycles. The Labute approximate surface area is 116 Å². The van der Waals surface area contributed by atoms with Crippen molar-refractivity contribution in [2.45, 2.75) is 26.3 Å². The third-order valence-electron chi connectivity index (χ3n) is 2.53. The molecule has 3 N–H and O–H groups in total. The van der Waals surface area contributed by atoms with Crippen molar-refractivity contribution in [2.75, 3.05) is 17.7 Å². The lowest BCUT2D eigenvalue weighted by molar-refractivity contribution is 0.328. The van der Waals surface area contributed by atoms with Crippen LogP contribution in [0.1, 0.15) is 25.8 Å². The lowest BCUT2D eigenvalue weighted by atomic mass is 10.1. The third-order valence-corrected chi connectivity index (χ3v) is 3.62. The molecular formula is C12H17N5OS. The van der Waals surface area contributed by atoms with Gasteiger partial charge in [0.25, 0.3) is 0 Å². The van der Waals surface area contributed by atoms with Crippen LogP contribution in [-0.2, 0) is 5.54 Å². The number of nitrogens with zero attached hydrogens (tertiary/aromatic N) is 3. The van der Waals surface area contributed by atoms with Gasteiger partial charge in [0.2, 0.25) is 5.88 Å². The minimum absolute atomic E-state index is 0.361. The van der Waals surface area contributed by atoms with E-state index in [0.717, 1.165) is 5.01 Å². The Bertz CT molecular complexity index is 541. The maximum Gasteiger partial charge on any atom is 0.242 e. The van der Waals surface area contributed by atoms with Crippen molar-refractivity contribution in [3.05, 3.63) is 22.9 Å². The number of nitrogens with one attached hydrogen (secondary N) is 1. The number of thiazole rings is 1. The van der Waals surface area contributed by atoms with Crippen LogP contribution in [0.4, 0.5) is 11.5 Å². The molecule has 0 amide bonds. The summed E-state index contributed by atoms with van der Waals surface area (Å²) < 4.78 is 5.35. The van der Waals surface area contributed by atoms with Crippen LogP contribution in [0, 0.1) is 0 Å². The number of nitrogens with two attached hydrogens (primary N) is 1. The topological polar surface area (TPSA) is 86.0 Å². The second-order valence-electron chi connectivity index (χ2n) is 4.46. The average molecular weight is 279 g/mol. The van der Waals surface area contributed by atoms with Crippen LogP contribution in [0.2, 0.25) is 0 Å². The molecule has 0 saturated carbocycles. The Morgan fingerprint density at radius 3 is 2.79 bits per heavy atom. The summed E-state index contributed by atoms with van der Waals surface area (Å²) in [5, 5.41) is 6.18. The van der Waals surface area contributed by atoms with Gasteiger partial charge in [0, 0.05) is 11.6 Å². The predicted molar refractivity (Wildman–Crippen MR) is 76.4 cm³/mol. The Morgan fingerprint density at radius 2 is 2.16 bits per heavy atom. The molecule has 0 fully saturated rings. The highest BCUT2D eigenvalue weighted by Crippen LogP contribution is 2.31. The van der Waals surface area contributed by atoms with Crippen molar-refractivity contribution < 1.29 is 4.74 Å². The number of aromatic nitrogens is 3. The molecule has 0 aliphatic carbocycles. The van der Waals surface area contributed by atoms with Crippen molar-refractivity contribution in [3.8, 4) is 5.88 Å². The van der Waals surface area contributed by atoms with E-state index in [-0.39, 0.29) is 5.54 Å². The van der Waals surface area contributed by atoms with Gasteiger partial charge in [-0.05, 0) is 20.8 Å². The SMILES string of the molecule is CCOc1ncnc(NC(C)(C)c2nccs2)c1N. The van der Waals surface area contributed by atoms with E-state index in [2.05, 4.69) is 20.3 Å². The summed E-state index contributed by atoms with van der Waals surface area (Å²) in [6, 6.07) is 0. The van der Waals surface area contributed by atoms with Gasteiger partial charge < -0.3 is 15.8 Å². The maximum atomic E-state index is 6.00. The molecule has 2 aromatic rings. The van der Waals surface area contributed by atoms with Crippen molar-refractivity contribution in [3.63, 3.8) is 0 Å². The first kappa shape index (κ1) is 13.5. The molecule has 0 unspecified atom stereocenters. The molecule has 0 radical (unpaired) electrons. The highest BCUT2D eigenvalue weighted by Gasteiger charge is 2.25. The minimum Gasteiger partial charge on any atom is -0.476 e. The molecular weight excluding hydrogens is 262 g/mol. The van der Waals surface area contributed by atoms with Crippen LogP contribution in [0.3, 0.4) is 0 Å². The summed E-state index contributed by atoms with van der Waals surface area (Å²) in [6.07, 6.45) is 3.21. The van der Waals surface area contributed by atoms with Gasteiger partial charge in [0.1, 0.15) is 17.0 Å². The smallest absolute Gasteiger partial charge is 0.242 e. The number of hydrogen-bond donors (Lipinski definition) is 2. The Kier molecular flexibility index (Phi) is 3.84. The minimum atomic E-state index is -0.361. The third kappa shape index (κ3) is 2.93. The molecule has 0 atom stereocenters.